The lowest BCUT2D eigenvalue weighted by Crippen LogP contribution is -2.53. The number of para-hydroxylation sites is 1. The molecular weight excluding hydrogens is 341 g/mol. The first kappa shape index (κ1) is 20.4. The number of rotatable bonds is 9. The molecule has 1 aromatic carbocycles. The molecule has 3 N–H and O–H groups in total. The van der Waals surface area contributed by atoms with Crippen molar-refractivity contribution in [3.05, 3.63) is 29.3 Å². The second-order valence-electron chi connectivity index (χ2n) is 6.14. The van der Waals surface area contributed by atoms with E-state index in [0.29, 0.717) is 24.3 Å². The van der Waals surface area contributed by atoms with Gasteiger partial charge in [0.05, 0.1) is 19.2 Å². The summed E-state index contributed by atoms with van der Waals surface area (Å²) in [7, 11) is 0.265. The Morgan fingerprint density at radius 3 is 2.85 bits per heavy atom. The number of benzene rings is 1. The molecule has 0 fully saturated rings. The third-order valence-electron chi connectivity index (χ3n) is 4.03. The minimum atomic E-state index is -1.27. The van der Waals surface area contributed by atoms with Gasteiger partial charge in [-0.3, -0.25) is 4.79 Å². The van der Waals surface area contributed by atoms with Crippen molar-refractivity contribution in [3.8, 4) is 5.75 Å². The summed E-state index contributed by atoms with van der Waals surface area (Å²) in [5, 5.41) is 23.1. The van der Waals surface area contributed by atoms with Crippen molar-refractivity contribution in [1.29, 1.82) is 0 Å². The van der Waals surface area contributed by atoms with Crippen LogP contribution in [0.2, 0.25) is 0 Å². The second kappa shape index (κ2) is 9.68. The number of carbonyl (C=O) groups is 2. The van der Waals surface area contributed by atoms with Crippen molar-refractivity contribution in [1.82, 2.24) is 5.32 Å². The minimum Gasteiger partial charge on any atom is -0.534 e. The van der Waals surface area contributed by atoms with Crippen LogP contribution in [0.1, 0.15) is 37.2 Å². The molecule has 0 saturated heterocycles. The van der Waals surface area contributed by atoms with Crippen LogP contribution in [-0.4, -0.2) is 55.2 Å². The van der Waals surface area contributed by atoms with Crippen LogP contribution in [0.5, 0.6) is 5.75 Å². The van der Waals surface area contributed by atoms with E-state index >= 15 is 0 Å². The van der Waals surface area contributed by atoms with Crippen molar-refractivity contribution < 1.29 is 33.8 Å². The largest absolute Gasteiger partial charge is 0.547 e. The molecule has 0 bridgehead atoms. The Morgan fingerprint density at radius 1 is 1.38 bits per heavy atom. The number of aliphatic hydroxyl groups excluding tert-OH is 1. The van der Waals surface area contributed by atoms with Crippen LogP contribution in [0.3, 0.4) is 0 Å². The first-order valence-electron chi connectivity index (χ1n) is 8.46. The molecule has 1 unspecified atom stereocenters. The molecule has 1 amide bonds. The zero-order valence-corrected chi connectivity index (χ0v) is 14.9. The summed E-state index contributed by atoms with van der Waals surface area (Å²) in [5.41, 5.74) is 1.14. The van der Waals surface area contributed by atoms with E-state index in [2.05, 4.69) is 5.32 Å². The number of ether oxygens (including phenoxy) is 2. The van der Waals surface area contributed by atoms with Crippen molar-refractivity contribution >= 4 is 18.8 Å². The number of ketones is 1. The lowest BCUT2D eigenvalue weighted by atomic mass is 9.72. The van der Waals surface area contributed by atoms with Crippen molar-refractivity contribution in [2.24, 2.45) is 0 Å². The summed E-state index contributed by atoms with van der Waals surface area (Å²) in [6, 6.07) is 5.18. The molecule has 0 aromatic heterocycles. The molecule has 2 atom stereocenters. The van der Waals surface area contributed by atoms with E-state index in [1.54, 1.807) is 18.2 Å². The van der Waals surface area contributed by atoms with Gasteiger partial charge in [0.15, 0.2) is 6.29 Å². The molecule has 0 spiro atoms. The number of carbonyl (C=O) groups excluding carboxylic acids is 2. The van der Waals surface area contributed by atoms with Crippen LogP contribution in [-0.2, 0) is 25.5 Å². The van der Waals surface area contributed by atoms with Gasteiger partial charge in [-0.25, -0.2) is 0 Å². The third kappa shape index (κ3) is 5.53. The van der Waals surface area contributed by atoms with Crippen molar-refractivity contribution in [3.63, 3.8) is 0 Å². The maximum atomic E-state index is 11.9. The van der Waals surface area contributed by atoms with Crippen LogP contribution < -0.4 is 9.97 Å². The average Bonchev–Trinajstić information content (AvgIpc) is 2.60. The van der Waals surface area contributed by atoms with Gasteiger partial charge in [-0.05, 0) is 18.9 Å². The lowest BCUT2D eigenvalue weighted by molar-refractivity contribution is -0.125. The standard InChI is InChI=1S/C17H24BNO7/c1-11(20)6-7-15(21)19-14-10-12-4-3-5-13(16(12)26-18(14)23)17(22)25-9-8-24-2/h3-5,14,17,22-23H,6-10H2,1-2H3,(H,19,21)/t14-,17?/m0/s1. The van der Waals surface area contributed by atoms with Crippen LogP contribution in [0.25, 0.3) is 0 Å². The molecule has 1 aliphatic rings. The lowest BCUT2D eigenvalue weighted by Gasteiger charge is -2.30. The van der Waals surface area contributed by atoms with E-state index in [0.717, 1.165) is 5.56 Å². The molecule has 1 aromatic rings. The van der Waals surface area contributed by atoms with Gasteiger partial charge in [0, 0.05) is 25.5 Å². The summed E-state index contributed by atoms with van der Waals surface area (Å²) < 4.78 is 15.7. The highest BCUT2D eigenvalue weighted by Crippen LogP contribution is 2.34. The number of methoxy groups -OCH3 is 1. The molecule has 1 heterocycles. The molecule has 0 saturated carbocycles. The van der Waals surface area contributed by atoms with E-state index in [-0.39, 0.29) is 31.1 Å². The molecule has 9 heteroatoms. The number of Topliss-reactive ketones (excluding diaryl/α,β-unsaturated/α-hetero) is 1. The summed E-state index contributed by atoms with van der Waals surface area (Å²) in [5.74, 6) is -0.684. The topological polar surface area (TPSA) is 114 Å². The fourth-order valence-electron chi connectivity index (χ4n) is 2.67. The minimum absolute atomic E-state index is 0.0670. The Balaban J connectivity index is 2.04. The zero-order valence-electron chi connectivity index (χ0n) is 14.9. The van der Waals surface area contributed by atoms with Gasteiger partial charge in [0.25, 0.3) is 0 Å². The van der Waals surface area contributed by atoms with Crippen LogP contribution in [0.15, 0.2) is 18.2 Å². The second-order valence-corrected chi connectivity index (χ2v) is 6.14. The molecule has 142 valence electrons. The van der Waals surface area contributed by atoms with E-state index in [9.17, 15) is 19.7 Å². The Bertz CT molecular complexity index is 640. The molecule has 0 aliphatic carbocycles. The summed E-state index contributed by atoms with van der Waals surface area (Å²) >= 11 is 0. The van der Waals surface area contributed by atoms with Gasteiger partial charge in [0.2, 0.25) is 5.91 Å². The normalized spacial score (nSPS) is 17.2. The number of aliphatic hydroxyl groups is 1. The smallest absolute Gasteiger partial charge is 0.534 e. The quantitative estimate of drug-likeness (QED) is 0.324. The Kier molecular flexibility index (Phi) is 7.58. The van der Waals surface area contributed by atoms with E-state index in [1.165, 1.54) is 14.0 Å². The molecular formula is C17H24BNO7. The van der Waals surface area contributed by atoms with Gasteiger partial charge < -0.3 is 34.4 Å². The maximum Gasteiger partial charge on any atom is 0.547 e. The van der Waals surface area contributed by atoms with Gasteiger partial charge in [0.1, 0.15) is 11.5 Å². The zero-order chi connectivity index (χ0) is 19.1. The Labute approximate surface area is 152 Å². The fraction of sp³-hybridized carbons (Fsp3) is 0.529. The number of fused-ring (bicyclic) bond motifs is 1. The van der Waals surface area contributed by atoms with Crippen LogP contribution in [0.4, 0.5) is 0 Å². The maximum absolute atomic E-state index is 11.9. The first-order chi connectivity index (χ1) is 12.4. The Hall–Kier alpha value is -1.94. The molecule has 1 aliphatic heterocycles. The highest BCUT2D eigenvalue weighted by Gasteiger charge is 2.37. The SMILES string of the molecule is COCCOC(O)c1cccc2c1OB(O)[C@@H](NC(=O)CCC(C)=O)C2. The monoisotopic (exact) mass is 365 g/mol. The molecule has 0 radical (unpaired) electrons. The molecule has 2 rings (SSSR count). The number of amides is 1. The van der Waals surface area contributed by atoms with Crippen LogP contribution in [0, 0.1) is 0 Å². The third-order valence-corrected chi connectivity index (χ3v) is 4.03. The first-order valence-corrected chi connectivity index (χ1v) is 8.46. The van der Waals surface area contributed by atoms with Crippen LogP contribution >= 0.6 is 0 Å². The molecule has 8 nitrogen and oxygen atoms in total. The number of nitrogens with one attached hydrogen (secondary N) is 1. The number of hydrogen-bond donors (Lipinski definition) is 3. The predicted octanol–water partition coefficient (Wildman–Crippen LogP) is 0.149. The average molecular weight is 365 g/mol. The Morgan fingerprint density at radius 2 is 2.15 bits per heavy atom. The van der Waals surface area contributed by atoms with Gasteiger partial charge in [-0.1, -0.05) is 18.2 Å². The summed E-state index contributed by atoms with van der Waals surface area (Å²) in [6.45, 7) is 1.96. The van der Waals surface area contributed by atoms with E-state index in [4.69, 9.17) is 14.1 Å². The summed E-state index contributed by atoms with van der Waals surface area (Å²) in [4.78, 5) is 22.9. The van der Waals surface area contributed by atoms with E-state index in [1.807, 2.05) is 0 Å². The summed E-state index contributed by atoms with van der Waals surface area (Å²) in [6.07, 6.45) is -0.659. The van der Waals surface area contributed by atoms with Gasteiger partial charge in [-0.2, -0.15) is 0 Å². The van der Waals surface area contributed by atoms with Gasteiger partial charge in [-0.15, -0.1) is 0 Å². The molecule has 26 heavy (non-hydrogen) atoms. The highest BCUT2D eigenvalue weighted by molar-refractivity contribution is 6.46. The van der Waals surface area contributed by atoms with Gasteiger partial charge >= 0.3 is 7.12 Å². The van der Waals surface area contributed by atoms with E-state index < -0.39 is 19.3 Å². The number of hydrogen-bond acceptors (Lipinski definition) is 7. The highest BCUT2D eigenvalue weighted by atomic mass is 16.6. The predicted molar refractivity (Wildman–Crippen MR) is 93.4 cm³/mol. The van der Waals surface area contributed by atoms with Crippen molar-refractivity contribution in [2.75, 3.05) is 20.3 Å². The van der Waals surface area contributed by atoms with Crippen molar-refractivity contribution in [2.45, 2.75) is 38.4 Å². The fourth-order valence-corrected chi connectivity index (χ4v) is 2.67.